The van der Waals surface area contributed by atoms with Gasteiger partial charge in [-0.25, -0.2) is 0 Å². The number of halogens is 3. The summed E-state index contributed by atoms with van der Waals surface area (Å²) >= 11 is 0. The van der Waals surface area contributed by atoms with Gasteiger partial charge in [0.05, 0.1) is 25.0 Å². The lowest BCUT2D eigenvalue weighted by Crippen LogP contribution is -2.34. The Morgan fingerprint density at radius 2 is 1.74 bits per heavy atom. The summed E-state index contributed by atoms with van der Waals surface area (Å²) in [6.45, 7) is 1.61. The Kier molecular flexibility index (Phi) is 6.92. The van der Waals surface area contributed by atoms with Crippen LogP contribution in [-0.4, -0.2) is 54.4 Å². The van der Waals surface area contributed by atoms with Gasteiger partial charge in [-0.2, -0.15) is 13.2 Å². The zero-order valence-corrected chi connectivity index (χ0v) is 14.9. The smallest absolute Gasteiger partial charge is 0.394 e. The molecule has 6 nitrogen and oxygen atoms in total. The minimum absolute atomic E-state index is 0.00601. The number of rotatable bonds is 8. The molecule has 1 N–H and O–H groups in total. The predicted molar refractivity (Wildman–Crippen MR) is 89.6 cm³/mol. The summed E-state index contributed by atoms with van der Waals surface area (Å²) < 4.78 is 49.6. The van der Waals surface area contributed by atoms with E-state index in [9.17, 15) is 22.8 Å². The van der Waals surface area contributed by atoms with Gasteiger partial charge in [-0.05, 0) is 37.6 Å². The summed E-state index contributed by atoms with van der Waals surface area (Å²) in [7, 11) is 0. The molecule has 0 saturated carbocycles. The number of carbonyl (C=O) groups is 2. The first-order valence-electron chi connectivity index (χ1n) is 8.65. The van der Waals surface area contributed by atoms with Crippen molar-refractivity contribution in [2.75, 3.05) is 26.3 Å². The largest absolute Gasteiger partial charge is 0.494 e. The second-order valence-electron chi connectivity index (χ2n) is 6.25. The summed E-state index contributed by atoms with van der Waals surface area (Å²) in [5.41, 5.74) is 0. The zero-order valence-electron chi connectivity index (χ0n) is 14.9. The van der Waals surface area contributed by atoms with Crippen molar-refractivity contribution in [2.24, 2.45) is 11.8 Å². The molecule has 2 rings (SSSR count). The first-order valence-corrected chi connectivity index (χ1v) is 8.65. The van der Waals surface area contributed by atoms with E-state index in [1.807, 2.05) is 6.92 Å². The maximum atomic E-state index is 12.9. The third kappa shape index (κ3) is 5.77. The summed E-state index contributed by atoms with van der Waals surface area (Å²) in [6, 6.07) is 6.94. The van der Waals surface area contributed by atoms with Gasteiger partial charge in [0.1, 0.15) is 11.5 Å². The average Bonchev–Trinajstić information content (AvgIpc) is 3.06. The molecule has 2 atom stereocenters. The van der Waals surface area contributed by atoms with Crippen LogP contribution in [0.2, 0.25) is 0 Å². The van der Waals surface area contributed by atoms with E-state index in [-0.39, 0.29) is 13.0 Å². The molecule has 27 heavy (non-hydrogen) atoms. The van der Waals surface area contributed by atoms with Crippen molar-refractivity contribution in [3.05, 3.63) is 24.3 Å². The Balaban J connectivity index is 1.78. The highest BCUT2D eigenvalue weighted by Crippen LogP contribution is 2.37. The lowest BCUT2D eigenvalue weighted by molar-refractivity contribution is -0.188. The van der Waals surface area contributed by atoms with E-state index >= 15 is 0 Å². The highest BCUT2D eigenvalue weighted by atomic mass is 19.4. The average molecular weight is 389 g/mol. The van der Waals surface area contributed by atoms with Gasteiger partial charge in [0.2, 0.25) is 5.91 Å². The van der Waals surface area contributed by atoms with E-state index in [4.69, 9.17) is 14.6 Å². The van der Waals surface area contributed by atoms with Gasteiger partial charge in [0, 0.05) is 19.5 Å². The lowest BCUT2D eigenvalue weighted by Gasteiger charge is -2.18. The number of carboxylic acids is 1. The zero-order chi connectivity index (χ0) is 20.0. The van der Waals surface area contributed by atoms with Crippen LogP contribution in [0.5, 0.6) is 11.5 Å². The van der Waals surface area contributed by atoms with Gasteiger partial charge in [-0.1, -0.05) is 0 Å². The lowest BCUT2D eigenvalue weighted by atomic mass is 9.96. The van der Waals surface area contributed by atoms with E-state index in [0.29, 0.717) is 24.5 Å². The van der Waals surface area contributed by atoms with E-state index in [0.717, 1.165) is 4.90 Å². The number of aliphatic carboxylic acids is 1. The molecule has 0 unspecified atom stereocenters. The summed E-state index contributed by atoms with van der Waals surface area (Å²) in [4.78, 5) is 24.1. The first-order chi connectivity index (χ1) is 12.7. The van der Waals surface area contributed by atoms with Gasteiger partial charge in [-0.15, -0.1) is 0 Å². The van der Waals surface area contributed by atoms with Gasteiger partial charge in [-0.3, -0.25) is 9.59 Å². The number of carbonyl (C=O) groups excluding carboxylic acids is 1. The maximum Gasteiger partial charge on any atom is 0.394 e. The van der Waals surface area contributed by atoms with Crippen LogP contribution in [0.15, 0.2) is 24.3 Å². The number of alkyl halides is 3. The molecule has 1 saturated heterocycles. The molecule has 0 aromatic heterocycles. The van der Waals surface area contributed by atoms with Crippen molar-refractivity contribution in [1.82, 2.24) is 4.90 Å². The number of hydrogen-bond donors (Lipinski definition) is 1. The van der Waals surface area contributed by atoms with Crippen LogP contribution in [0.4, 0.5) is 13.2 Å². The van der Waals surface area contributed by atoms with E-state index in [2.05, 4.69) is 0 Å². The normalized spacial score (nSPS) is 19.8. The van der Waals surface area contributed by atoms with Crippen molar-refractivity contribution < 1.29 is 37.3 Å². The second-order valence-corrected chi connectivity index (χ2v) is 6.25. The van der Waals surface area contributed by atoms with Crippen LogP contribution in [0.1, 0.15) is 19.8 Å². The molecule has 1 heterocycles. The van der Waals surface area contributed by atoms with E-state index in [1.165, 1.54) is 0 Å². The molecule has 0 bridgehead atoms. The number of nitrogens with zero attached hydrogens (tertiary/aromatic N) is 1. The molecule has 1 aliphatic rings. The summed E-state index contributed by atoms with van der Waals surface area (Å²) in [5.74, 6) is -4.38. The molecule has 0 radical (unpaired) electrons. The first kappa shape index (κ1) is 20.9. The second kappa shape index (κ2) is 8.96. The Hall–Kier alpha value is -2.45. The molecule has 150 valence electrons. The number of ether oxygens (including phenoxy) is 2. The van der Waals surface area contributed by atoms with Crippen LogP contribution in [0.3, 0.4) is 0 Å². The van der Waals surface area contributed by atoms with Crippen molar-refractivity contribution in [2.45, 2.75) is 25.9 Å². The topological polar surface area (TPSA) is 76.1 Å². The minimum Gasteiger partial charge on any atom is -0.494 e. The van der Waals surface area contributed by atoms with Gasteiger partial charge >= 0.3 is 12.1 Å². The number of likely N-dealkylation sites (tertiary alicyclic amines) is 1. The number of amides is 1. The molecule has 9 heteroatoms. The highest BCUT2D eigenvalue weighted by Gasteiger charge is 2.53. The molecule has 0 spiro atoms. The fourth-order valence-electron chi connectivity index (χ4n) is 2.96. The fourth-order valence-corrected chi connectivity index (χ4v) is 2.96. The molecule has 0 aliphatic carbocycles. The van der Waals surface area contributed by atoms with Gasteiger partial charge in [0.15, 0.2) is 0 Å². The third-order valence-electron chi connectivity index (χ3n) is 4.35. The molecule has 1 fully saturated rings. The third-order valence-corrected chi connectivity index (χ3v) is 4.35. The summed E-state index contributed by atoms with van der Waals surface area (Å²) in [5, 5.41) is 8.97. The minimum atomic E-state index is -4.64. The quantitative estimate of drug-likeness (QED) is 0.692. The maximum absolute atomic E-state index is 12.9. The summed E-state index contributed by atoms with van der Waals surface area (Å²) in [6.07, 6.45) is -4.33. The van der Waals surface area contributed by atoms with Crippen LogP contribution < -0.4 is 9.47 Å². The Morgan fingerprint density at radius 3 is 2.22 bits per heavy atom. The fraction of sp³-hybridized carbons (Fsp3) is 0.556. The molecular weight excluding hydrogens is 367 g/mol. The molecule has 1 aromatic carbocycles. The van der Waals surface area contributed by atoms with E-state index in [1.54, 1.807) is 24.3 Å². The van der Waals surface area contributed by atoms with Crippen molar-refractivity contribution in [1.29, 1.82) is 0 Å². The molecule has 1 amide bonds. The van der Waals surface area contributed by atoms with Crippen molar-refractivity contribution in [3.63, 3.8) is 0 Å². The predicted octanol–water partition coefficient (Wildman–Crippen LogP) is 2.97. The van der Waals surface area contributed by atoms with Crippen LogP contribution in [-0.2, 0) is 9.59 Å². The Morgan fingerprint density at radius 1 is 1.15 bits per heavy atom. The Bertz CT molecular complexity index is 647. The van der Waals surface area contributed by atoms with Crippen LogP contribution in [0, 0.1) is 11.8 Å². The molecule has 1 aliphatic heterocycles. The van der Waals surface area contributed by atoms with Crippen LogP contribution >= 0.6 is 0 Å². The highest BCUT2D eigenvalue weighted by molar-refractivity contribution is 5.79. The molecule has 1 aromatic rings. The van der Waals surface area contributed by atoms with Crippen molar-refractivity contribution >= 4 is 11.9 Å². The van der Waals surface area contributed by atoms with Crippen LogP contribution in [0.25, 0.3) is 0 Å². The number of hydrogen-bond acceptors (Lipinski definition) is 4. The number of benzene rings is 1. The standard InChI is InChI=1S/C18H22F3NO5/c1-2-26-12-5-7-13(8-6-12)27-9-3-4-16(23)22-10-14(17(24)25)15(11-22)18(19,20)21/h5-8,14-15H,2-4,9-11H2,1H3,(H,24,25)/t14-,15-/m1/s1. The monoisotopic (exact) mass is 389 g/mol. The SMILES string of the molecule is CCOc1ccc(OCCCC(=O)N2C[C@@H](C(F)(F)F)[C@H](C(=O)O)C2)cc1. The van der Waals surface area contributed by atoms with Crippen molar-refractivity contribution in [3.8, 4) is 11.5 Å². The number of carboxylic acid groups (broad SMARTS) is 1. The van der Waals surface area contributed by atoms with Gasteiger partial charge in [0.25, 0.3) is 0 Å². The molecular formula is C18H22F3NO5. The van der Waals surface area contributed by atoms with Gasteiger partial charge < -0.3 is 19.5 Å². The Labute approximate surface area is 154 Å². The van der Waals surface area contributed by atoms with E-state index < -0.39 is 43.0 Å².